The third kappa shape index (κ3) is 3.02. The molecule has 2 N–H and O–H groups in total. The second-order valence-corrected chi connectivity index (χ2v) is 4.98. The van der Waals surface area contributed by atoms with E-state index in [2.05, 4.69) is 10.1 Å². The van der Waals surface area contributed by atoms with Gasteiger partial charge in [-0.3, -0.25) is 4.79 Å². The van der Waals surface area contributed by atoms with E-state index in [1.54, 1.807) is 0 Å². The van der Waals surface area contributed by atoms with Crippen molar-refractivity contribution in [2.75, 3.05) is 5.73 Å². The summed E-state index contributed by atoms with van der Waals surface area (Å²) in [5, 5.41) is 5.19. The first-order valence-corrected chi connectivity index (χ1v) is 6.53. The lowest BCUT2D eigenvalue weighted by Crippen LogP contribution is -2.10. The van der Waals surface area contributed by atoms with Gasteiger partial charge in [-0.1, -0.05) is 35.5 Å². The van der Waals surface area contributed by atoms with E-state index in [0.29, 0.717) is 15.9 Å². The van der Waals surface area contributed by atoms with Gasteiger partial charge in [-0.15, -0.1) is 5.10 Å². The van der Waals surface area contributed by atoms with Gasteiger partial charge in [0, 0.05) is 17.7 Å². The number of nitrogen functional groups attached to an aromatic ring is 1. The summed E-state index contributed by atoms with van der Waals surface area (Å²) in [6.07, 6.45) is 0. The second-order valence-electron chi connectivity index (χ2n) is 3.60. The molecule has 0 aliphatic heterocycles. The lowest BCUT2D eigenvalue weighted by molar-refractivity contribution is 0.0922. The van der Waals surface area contributed by atoms with E-state index in [4.69, 9.17) is 17.3 Å². The fraction of sp³-hybridized carbons (Fsp3) is 0.182. The highest BCUT2D eigenvalue weighted by Crippen LogP contribution is 2.21. The van der Waals surface area contributed by atoms with Gasteiger partial charge in [0.1, 0.15) is 0 Å². The zero-order valence-corrected chi connectivity index (χ0v) is 11.2. The zero-order chi connectivity index (χ0) is 13.1. The average Bonchev–Trinajstić information content (AvgIpc) is 2.70. The van der Waals surface area contributed by atoms with Crippen LogP contribution in [0.4, 0.5) is 5.95 Å². The van der Waals surface area contributed by atoms with Gasteiger partial charge in [0.25, 0.3) is 0 Å². The number of nitrogens with two attached hydrogens (primary N) is 1. The van der Waals surface area contributed by atoms with Crippen molar-refractivity contribution < 1.29 is 4.79 Å². The lowest BCUT2D eigenvalue weighted by atomic mass is 10.2. The highest BCUT2D eigenvalue weighted by Gasteiger charge is 2.10. The number of aromatic nitrogens is 3. The minimum atomic E-state index is -0.252. The number of halogens is 1. The van der Waals surface area contributed by atoms with Gasteiger partial charge < -0.3 is 5.73 Å². The van der Waals surface area contributed by atoms with Crippen molar-refractivity contribution in [2.24, 2.45) is 0 Å². The van der Waals surface area contributed by atoms with Crippen molar-refractivity contribution in [1.82, 2.24) is 14.8 Å². The third-order valence-electron chi connectivity index (χ3n) is 2.19. The standard InChI is InChI=1S/C11H11ClN4OS/c1-7(17)16-10(13)14-11(15-16)18-6-8-2-4-9(12)5-3-8/h2-5H,6H2,1H3,(H2,13,14,15). The summed E-state index contributed by atoms with van der Waals surface area (Å²) in [7, 11) is 0. The summed E-state index contributed by atoms with van der Waals surface area (Å²) in [4.78, 5) is 15.2. The molecule has 0 aliphatic rings. The van der Waals surface area contributed by atoms with Crippen molar-refractivity contribution >= 4 is 35.2 Å². The SMILES string of the molecule is CC(=O)n1nc(SCc2ccc(Cl)cc2)nc1N. The molecule has 2 rings (SSSR count). The van der Waals surface area contributed by atoms with Crippen molar-refractivity contribution in [2.45, 2.75) is 17.8 Å². The lowest BCUT2D eigenvalue weighted by Gasteiger charge is -1.98. The molecule has 0 amide bonds. The van der Waals surface area contributed by atoms with E-state index in [9.17, 15) is 4.79 Å². The average molecular weight is 283 g/mol. The fourth-order valence-corrected chi connectivity index (χ4v) is 2.24. The molecule has 0 unspecified atom stereocenters. The molecule has 2 aromatic rings. The number of benzene rings is 1. The molecule has 1 heterocycles. The normalized spacial score (nSPS) is 10.6. The highest BCUT2D eigenvalue weighted by molar-refractivity contribution is 7.98. The molecule has 0 saturated heterocycles. The zero-order valence-electron chi connectivity index (χ0n) is 9.63. The van der Waals surface area contributed by atoms with Crippen LogP contribution in [-0.4, -0.2) is 20.7 Å². The monoisotopic (exact) mass is 282 g/mol. The molecule has 7 heteroatoms. The summed E-state index contributed by atoms with van der Waals surface area (Å²) in [6.45, 7) is 1.39. The van der Waals surface area contributed by atoms with E-state index in [0.717, 1.165) is 10.2 Å². The quantitative estimate of drug-likeness (QED) is 0.876. The fourth-order valence-electron chi connectivity index (χ4n) is 1.33. The van der Waals surface area contributed by atoms with Crippen LogP contribution in [0.2, 0.25) is 5.02 Å². The van der Waals surface area contributed by atoms with Crippen LogP contribution in [0.5, 0.6) is 0 Å². The minimum Gasteiger partial charge on any atom is -0.368 e. The number of rotatable bonds is 3. The maximum Gasteiger partial charge on any atom is 0.246 e. The smallest absolute Gasteiger partial charge is 0.246 e. The Morgan fingerprint density at radius 2 is 2.11 bits per heavy atom. The number of nitrogens with zero attached hydrogens (tertiary/aromatic N) is 3. The topological polar surface area (TPSA) is 73.8 Å². The van der Waals surface area contributed by atoms with Crippen molar-refractivity contribution in [3.05, 3.63) is 34.9 Å². The predicted octanol–water partition coefficient (Wildman–Crippen LogP) is 2.47. The number of carbonyl (C=O) groups excluding carboxylic acids is 1. The number of thioether (sulfide) groups is 1. The van der Waals surface area contributed by atoms with E-state index in [1.165, 1.54) is 18.7 Å². The maximum atomic E-state index is 11.1. The molecule has 1 aromatic heterocycles. The Labute approximate surface area is 113 Å². The number of hydrogen-bond acceptors (Lipinski definition) is 5. The van der Waals surface area contributed by atoms with Gasteiger partial charge in [-0.05, 0) is 17.7 Å². The van der Waals surface area contributed by atoms with Gasteiger partial charge >= 0.3 is 0 Å². The van der Waals surface area contributed by atoms with Crippen molar-refractivity contribution in [3.8, 4) is 0 Å². The van der Waals surface area contributed by atoms with Crippen molar-refractivity contribution in [3.63, 3.8) is 0 Å². The number of carbonyl (C=O) groups is 1. The first kappa shape index (κ1) is 12.9. The van der Waals surface area contributed by atoms with E-state index in [1.807, 2.05) is 24.3 Å². The summed E-state index contributed by atoms with van der Waals surface area (Å²) in [5.74, 6) is 0.554. The van der Waals surface area contributed by atoms with Crippen LogP contribution >= 0.6 is 23.4 Å². The summed E-state index contributed by atoms with van der Waals surface area (Å²) >= 11 is 7.21. The van der Waals surface area contributed by atoms with Gasteiger partial charge in [0.05, 0.1) is 0 Å². The van der Waals surface area contributed by atoms with E-state index in [-0.39, 0.29) is 11.9 Å². The third-order valence-corrected chi connectivity index (χ3v) is 3.35. The Bertz CT molecular complexity index is 567. The predicted molar refractivity (Wildman–Crippen MR) is 71.7 cm³/mol. The van der Waals surface area contributed by atoms with Gasteiger partial charge in [0.2, 0.25) is 17.0 Å². The molecule has 0 spiro atoms. The number of hydrogen-bond donors (Lipinski definition) is 1. The molecule has 94 valence electrons. The molecule has 0 radical (unpaired) electrons. The molecule has 18 heavy (non-hydrogen) atoms. The number of anilines is 1. The van der Waals surface area contributed by atoms with Gasteiger partial charge in [-0.25, -0.2) is 0 Å². The second kappa shape index (κ2) is 5.41. The van der Waals surface area contributed by atoms with Crippen molar-refractivity contribution in [1.29, 1.82) is 0 Å². The van der Waals surface area contributed by atoms with Crippen LogP contribution in [0.1, 0.15) is 17.3 Å². The Morgan fingerprint density at radius 3 is 2.67 bits per heavy atom. The first-order valence-electron chi connectivity index (χ1n) is 5.17. The van der Waals surface area contributed by atoms with Crippen LogP contribution in [0, 0.1) is 0 Å². The largest absolute Gasteiger partial charge is 0.368 e. The van der Waals surface area contributed by atoms with Crippen LogP contribution < -0.4 is 5.73 Å². The molecular formula is C11H11ClN4OS. The minimum absolute atomic E-state index is 0.112. The molecule has 0 saturated carbocycles. The van der Waals surface area contributed by atoms with Crippen LogP contribution in [-0.2, 0) is 5.75 Å². The molecule has 0 atom stereocenters. The first-order chi connectivity index (χ1) is 8.56. The van der Waals surface area contributed by atoms with Crippen LogP contribution in [0.3, 0.4) is 0 Å². The molecule has 5 nitrogen and oxygen atoms in total. The molecule has 0 bridgehead atoms. The van der Waals surface area contributed by atoms with Gasteiger partial charge in [0.15, 0.2) is 0 Å². The summed E-state index contributed by atoms with van der Waals surface area (Å²) < 4.78 is 1.09. The Hall–Kier alpha value is -1.53. The van der Waals surface area contributed by atoms with E-state index >= 15 is 0 Å². The molecular weight excluding hydrogens is 272 g/mol. The Balaban J connectivity index is 2.04. The Morgan fingerprint density at radius 1 is 1.44 bits per heavy atom. The maximum absolute atomic E-state index is 11.1. The highest BCUT2D eigenvalue weighted by atomic mass is 35.5. The van der Waals surface area contributed by atoms with Crippen LogP contribution in [0.15, 0.2) is 29.4 Å². The van der Waals surface area contributed by atoms with E-state index < -0.39 is 0 Å². The van der Waals surface area contributed by atoms with Crippen LogP contribution in [0.25, 0.3) is 0 Å². The molecule has 0 aliphatic carbocycles. The van der Waals surface area contributed by atoms with Gasteiger partial charge in [-0.2, -0.15) is 9.67 Å². The molecule has 1 aromatic carbocycles. The summed E-state index contributed by atoms with van der Waals surface area (Å²) in [5.41, 5.74) is 6.67. The molecule has 0 fully saturated rings. The summed E-state index contributed by atoms with van der Waals surface area (Å²) in [6, 6.07) is 7.52. The Kier molecular flexibility index (Phi) is 3.88.